The van der Waals surface area contributed by atoms with Gasteiger partial charge >= 0.3 is 0 Å². The number of azide groups is 1. The second kappa shape index (κ2) is 4.94. The molecule has 0 aromatic heterocycles. The highest BCUT2D eigenvalue weighted by Gasteiger charge is 2.02. The molecule has 0 saturated carbocycles. The highest BCUT2D eigenvalue weighted by Crippen LogP contribution is 2.27. The van der Waals surface area contributed by atoms with Crippen LogP contribution in [0.15, 0.2) is 41.5 Å². The Bertz CT molecular complexity index is 638. The van der Waals surface area contributed by atoms with E-state index in [0.29, 0.717) is 5.69 Å². The topological polar surface area (TPSA) is 48.8 Å². The van der Waals surface area contributed by atoms with E-state index in [1.165, 1.54) is 16.7 Å². The second-order valence-electron chi connectivity index (χ2n) is 4.49. The summed E-state index contributed by atoms with van der Waals surface area (Å²) in [5, 5.41) is 3.65. The summed E-state index contributed by atoms with van der Waals surface area (Å²) in [5.74, 6) is 0. The maximum Gasteiger partial charge on any atom is 0.0404 e. The van der Waals surface area contributed by atoms with Gasteiger partial charge in [0.05, 0.1) is 0 Å². The van der Waals surface area contributed by atoms with E-state index < -0.39 is 0 Å². The predicted molar refractivity (Wildman–Crippen MR) is 74.9 cm³/mol. The van der Waals surface area contributed by atoms with Gasteiger partial charge in [0.15, 0.2) is 0 Å². The highest BCUT2D eigenvalue weighted by atomic mass is 15.1. The Kier molecular flexibility index (Phi) is 3.35. The Labute approximate surface area is 107 Å². The molecule has 2 aromatic carbocycles. The molecule has 0 spiro atoms. The summed E-state index contributed by atoms with van der Waals surface area (Å²) in [5.41, 5.74) is 15.0. The smallest absolute Gasteiger partial charge is 0.0404 e. The van der Waals surface area contributed by atoms with Gasteiger partial charge in [0, 0.05) is 10.6 Å². The van der Waals surface area contributed by atoms with Gasteiger partial charge in [0.25, 0.3) is 0 Å². The standard InChI is InChI=1S/C15H15N3/c1-10-4-5-13(8-11(10)2)14-6-7-15(17-18-16)12(3)9-14/h4-9H,1-3H3. The molecular formula is C15H15N3. The van der Waals surface area contributed by atoms with Gasteiger partial charge in [0.1, 0.15) is 0 Å². The van der Waals surface area contributed by atoms with E-state index in [4.69, 9.17) is 5.53 Å². The first-order valence-corrected chi connectivity index (χ1v) is 5.85. The van der Waals surface area contributed by atoms with Crippen molar-refractivity contribution in [3.05, 3.63) is 63.5 Å². The third-order valence-electron chi connectivity index (χ3n) is 3.19. The average molecular weight is 237 g/mol. The number of hydrogen-bond donors (Lipinski definition) is 0. The van der Waals surface area contributed by atoms with Crippen LogP contribution in [-0.2, 0) is 0 Å². The summed E-state index contributed by atoms with van der Waals surface area (Å²) >= 11 is 0. The van der Waals surface area contributed by atoms with Gasteiger partial charge in [0.2, 0.25) is 0 Å². The summed E-state index contributed by atoms with van der Waals surface area (Å²) in [6.45, 7) is 6.17. The van der Waals surface area contributed by atoms with Gasteiger partial charge in [-0.3, -0.25) is 0 Å². The first kappa shape index (κ1) is 12.2. The monoisotopic (exact) mass is 237 g/mol. The summed E-state index contributed by atoms with van der Waals surface area (Å²) in [4.78, 5) is 2.82. The normalized spacial score (nSPS) is 9.94. The fraction of sp³-hybridized carbons (Fsp3) is 0.200. The van der Waals surface area contributed by atoms with Gasteiger partial charge in [-0.1, -0.05) is 41.5 Å². The van der Waals surface area contributed by atoms with Crippen molar-refractivity contribution < 1.29 is 0 Å². The lowest BCUT2D eigenvalue weighted by molar-refractivity contribution is 1.33. The van der Waals surface area contributed by atoms with Crippen LogP contribution in [-0.4, -0.2) is 0 Å². The molecular weight excluding hydrogens is 222 g/mol. The van der Waals surface area contributed by atoms with Crippen LogP contribution in [0.4, 0.5) is 5.69 Å². The van der Waals surface area contributed by atoms with Crippen LogP contribution in [0.5, 0.6) is 0 Å². The lowest BCUT2D eigenvalue weighted by Gasteiger charge is -2.07. The van der Waals surface area contributed by atoms with Crippen LogP contribution in [0, 0.1) is 20.8 Å². The van der Waals surface area contributed by atoms with E-state index in [9.17, 15) is 0 Å². The van der Waals surface area contributed by atoms with E-state index in [-0.39, 0.29) is 0 Å². The molecule has 0 aliphatic heterocycles. The van der Waals surface area contributed by atoms with E-state index in [1.54, 1.807) is 0 Å². The van der Waals surface area contributed by atoms with E-state index >= 15 is 0 Å². The fourth-order valence-electron chi connectivity index (χ4n) is 1.92. The van der Waals surface area contributed by atoms with Crippen molar-refractivity contribution in [2.75, 3.05) is 0 Å². The number of hydrogen-bond acceptors (Lipinski definition) is 1. The molecule has 18 heavy (non-hydrogen) atoms. The molecule has 90 valence electrons. The van der Waals surface area contributed by atoms with Crippen LogP contribution in [0.2, 0.25) is 0 Å². The van der Waals surface area contributed by atoms with Crippen LogP contribution in [0.3, 0.4) is 0 Å². The molecule has 3 nitrogen and oxygen atoms in total. The average Bonchev–Trinajstić information content (AvgIpc) is 2.35. The molecule has 0 heterocycles. The largest absolute Gasteiger partial charge is 0.0605 e. The van der Waals surface area contributed by atoms with Crippen molar-refractivity contribution >= 4 is 5.69 Å². The SMILES string of the molecule is Cc1ccc(-c2ccc(N=[N+]=[N-])c(C)c2)cc1C. The molecule has 0 N–H and O–H groups in total. The minimum absolute atomic E-state index is 0.685. The first-order chi connectivity index (χ1) is 8.61. The number of aryl methyl sites for hydroxylation is 3. The minimum Gasteiger partial charge on any atom is -0.0605 e. The Balaban J connectivity index is 2.48. The zero-order valence-electron chi connectivity index (χ0n) is 10.8. The molecule has 2 rings (SSSR count). The molecule has 0 amide bonds. The predicted octanol–water partition coefficient (Wildman–Crippen LogP) is 5.22. The van der Waals surface area contributed by atoms with Gasteiger partial charge < -0.3 is 0 Å². The lowest BCUT2D eigenvalue weighted by Crippen LogP contribution is -1.84. The van der Waals surface area contributed by atoms with Crippen molar-refractivity contribution in [3.8, 4) is 11.1 Å². The third kappa shape index (κ3) is 2.36. The van der Waals surface area contributed by atoms with Gasteiger partial charge in [-0.25, -0.2) is 0 Å². The molecule has 0 atom stereocenters. The molecule has 0 unspecified atom stereocenters. The molecule has 3 heteroatoms. The molecule has 0 bridgehead atoms. The van der Waals surface area contributed by atoms with Crippen LogP contribution in [0.25, 0.3) is 21.6 Å². The van der Waals surface area contributed by atoms with Crippen LogP contribution >= 0.6 is 0 Å². The molecule has 0 radical (unpaired) electrons. The number of rotatable bonds is 2. The van der Waals surface area contributed by atoms with Crippen LogP contribution < -0.4 is 0 Å². The Morgan fingerprint density at radius 1 is 0.833 bits per heavy atom. The zero-order chi connectivity index (χ0) is 13.1. The summed E-state index contributed by atoms with van der Waals surface area (Å²) in [6, 6.07) is 12.3. The Morgan fingerprint density at radius 3 is 2.00 bits per heavy atom. The van der Waals surface area contributed by atoms with E-state index in [0.717, 1.165) is 11.1 Å². The first-order valence-electron chi connectivity index (χ1n) is 5.85. The molecule has 0 saturated heterocycles. The summed E-state index contributed by atoms with van der Waals surface area (Å²) in [6.07, 6.45) is 0. The fourth-order valence-corrected chi connectivity index (χ4v) is 1.92. The van der Waals surface area contributed by atoms with Crippen molar-refractivity contribution in [2.45, 2.75) is 20.8 Å². The van der Waals surface area contributed by atoms with Crippen molar-refractivity contribution in [1.82, 2.24) is 0 Å². The highest BCUT2D eigenvalue weighted by molar-refractivity contribution is 5.68. The molecule has 0 aliphatic carbocycles. The van der Waals surface area contributed by atoms with Gasteiger partial charge in [-0.15, -0.1) is 0 Å². The van der Waals surface area contributed by atoms with E-state index in [1.807, 2.05) is 25.1 Å². The number of benzene rings is 2. The third-order valence-corrected chi connectivity index (χ3v) is 3.19. The van der Waals surface area contributed by atoms with Crippen LogP contribution in [0.1, 0.15) is 16.7 Å². The quantitative estimate of drug-likeness (QED) is 0.390. The summed E-state index contributed by atoms with van der Waals surface area (Å²) < 4.78 is 0. The minimum atomic E-state index is 0.685. The van der Waals surface area contributed by atoms with Gasteiger partial charge in [-0.05, 0) is 54.1 Å². The molecule has 0 aliphatic rings. The molecule has 2 aromatic rings. The Morgan fingerprint density at radius 2 is 1.44 bits per heavy atom. The Hall–Kier alpha value is -2.25. The number of nitrogens with zero attached hydrogens (tertiary/aromatic N) is 3. The zero-order valence-corrected chi connectivity index (χ0v) is 10.8. The molecule has 0 fully saturated rings. The van der Waals surface area contributed by atoms with Crippen molar-refractivity contribution in [1.29, 1.82) is 0 Å². The maximum atomic E-state index is 8.46. The second-order valence-corrected chi connectivity index (χ2v) is 4.49. The van der Waals surface area contributed by atoms with Crippen molar-refractivity contribution in [3.63, 3.8) is 0 Å². The maximum absolute atomic E-state index is 8.46. The summed E-state index contributed by atoms with van der Waals surface area (Å²) in [7, 11) is 0. The van der Waals surface area contributed by atoms with Gasteiger partial charge in [-0.2, -0.15) is 0 Å². The van der Waals surface area contributed by atoms with E-state index in [2.05, 4.69) is 42.1 Å². The van der Waals surface area contributed by atoms with Crippen molar-refractivity contribution in [2.24, 2.45) is 5.11 Å². The lowest BCUT2D eigenvalue weighted by atomic mass is 9.99.